The molecule has 0 radical (unpaired) electrons. The molecule has 3 amide bonds. The summed E-state index contributed by atoms with van der Waals surface area (Å²) < 4.78 is 5.72. The van der Waals surface area contributed by atoms with Crippen molar-refractivity contribution >= 4 is 11.9 Å². The van der Waals surface area contributed by atoms with Crippen LogP contribution in [0, 0.1) is 5.41 Å². The molecule has 1 heterocycles. The summed E-state index contributed by atoms with van der Waals surface area (Å²) in [6, 6.07) is -0.110. The molecular weight excluding hydrogens is 340 g/mol. The average molecular weight is 383 g/mol. The molecule has 0 aliphatic carbocycles. The fourth-order valence-electron chi connectivity index (χ4n) is 4.02. The van der Waals surface area contributed by atoms with Crippen LogP contribution in [-0.2, 0) is 9.53 Å². The number of hydrogen-bond acceptors (Lipinski definition) is 3. The van der Waals surface area contributed by atoms with Gasteiger partial charge in [0.25, 0.3) is 0 Å². The van der Waals surface area contributed by atoms with Crippen LogP contribution in [0.2, 0.25) is 0 Å². The molecule has 1 fully saturated rings. The summed E-state index contributed by atoms with van der Waals surface area (Å²) in [7, 11) is 0. The Bertz CT molecular complexity index is 435. The highest BCUT2D eigenvalue weighted by atomic mass is 16.5. The van der Waals surface area contributed by atoms with Crippen LogP contribution in [0.25, 0.3) is 0 Å². The third-order valence-corrected chi connectivity index (χ3v) is 6.24. The molecule has 0 aromatic carbocycles. The number of imide groups is 1. The van der Waals surface area contributed by atoms with Crippen molar-refractivity contribution in [2.24, 2.45) is 5.41 Å². The van der Waals surface area contributed by atoms with Crippen molar-refractivity contribution in [1.29, 1.82) is 0 Å². The van der Waals surface area contributed by atoms with Gasteiger partial charge in [0.05, 0.1) is 0 Å². The molecule has 0 N–H and O–H groups in total. The minimum absolute atomic E-state index is 0.0410. The molecule has 0 bridgehead atoms. The van der Waals surface area contributed by atoms with E-state index in [0.717, 1.165) is 45.3 Å². The Morgan fingerprint density at radius 3 is 2.07 bits per heavy atom. The first kappa shape index (κ1) is 23.9. The van der Waals surface area contributed by atoms with Gasteiger partial charge in [-0.2, -0.15) is 0 Å². The van der Waals surface area contributed by atoms with Crippen molar-refractivity contribution in [1.82, 2.24) is 9.80 Å². The highest BCUT2D eigenvalue weighted by Gasteiger charge is 2.35. The van der Waals surface area contributed by atoms with Crippen LogP contribution < -0.4 is 0 Å². The van der Waals surface area contributed by atoms with Crippen LogP contribution in [0.15, 0.2) is 0 Å². The third kappa shape index (κ3) is 7.81. The predicted octanol–water partition coefficient (Wildman–Crippen LogP) is 5.23. The van der Waals surface area contributed by atoms with Gasteiger partial charge in [-0.1, -0.05) is 52.9 Å². The summed E-state index contributed by atoms with van der Waals surface area (Å²) in [6.07, 6.45) is 11.5. The van der Waals surface area contributed by atoms with E-state index in [-0.39, 0.29) is 18.5 Å². The van der Waals surface area contributed by atoms with E-state index in [1.807, 2.05) is 6.92 Å². The van der Waals surface area contributed by atoms with Gasteiger partial charge in [0.1, 0.15) is 6.54 Å². The number of amides is 3. The lowest BCUT2D eigenvalue weighted by Gasteiger charge is -2.32. The van der Waals surface area contributed by atoms with Crippen molar-refractivity contribution < 1.29 is 14.3 Å². The van der Waals surface area contributed by atoms with Crippen molar-refractivity contribution in [3.63, 3.8) is 0 Å². The second-order valence-corrected chi connectivity index (χ2v) is 7.93. The van der Waals surface area contributed by atoms with Crippen LogP contribution in [0.5, 0.6) is 0 Å². The molecule has 0 atom stereocenters. The molecule has 0 unspecified atom stereocenters. The van der Waals surface area contributed by atoms with Crippen molar-refractivity contribution in [2.45, 2.75) is 91.9 Å². The Morgan fingerprint density at radius 1 is 0.889 bits per heavy atom. The number of ether oxygens (including phenoxy) is 1. The standard InChI is InChI=1S/C22H42N2O3/c1-5-9-11-17-27-18-12-10-14-22(6-2,7-3)15-13-16-24-20(25)19-23(8-4)21(24)26/h5-19H2,1-4H3. The lowest BCUT2D eigenvalue weighted by Crippen LogP contribution is -2.34. The monoisotopic (exact) mass is 382 g/mol. The summed E-state index contributed by atoms with van der Waals surface area (Å²) in [5, 5.41) is 0. The zero-order chi connectivity index (χ0) is 20.1. The van der Waals surface area contributed by atoms with E-state index in [4.69, 9.17) is 4.74 Å². The summed E-state index contributed by atoms with van der Waals surface area (Å²) >= 11 is 0. The van der Waals surface area contributed by atoms with Gasteiger partial charge in [0.2, 0.25) is 5.91 Å². The second-order valence-electron chi connectivity index (χ2n) is 7.93. The van der Waals surface area contributed by atoms with Gasteiger partial charge in [0, 0.05) is 26.3 Å². The van der Waals surface area contributed by atoms with Crippen LogP contribution >= 0.6 is 0 Å². The van der Waals surface area contributed by atoms with Gasteiger partial charge in [-0.05, 0) is 44.4 Å². The second kappa shape index (κ2) is 13.1. The number of unbranched alkanes of at least 4 members (excludes halogenated alkanes) is 3. The Balaban J connectivity index is 2.31. The molecule has 1 rings (SSSR count). The summed E-state index contributed by atoms with van der Waals surface area (Å²) in [6.45, 7) is 11.9. The maximum atomic E-state index is 12.2. The van der Waals surface area contributed by atoms with Crippen LogP contribution in [0.1, 0.15) is 91.9 Å². The summed E-state index contributed by atoms with van der Waals surface area (Å²) in [5.74, 6) is -0.0410. The quantitative estimate of drug-likeness (QED) is 0.271. The number of nitrogens with zero attached hydrogens (tertiary/aromatic N) is 2. The number of urea groups is 1. The van der Waals surface area contributed by atoms with Gasteiger partial charge in [-0.15, -0.1) is 0 Å². The van der Waals surface area contributed by atoms with Gasteiger partial charge in [0.15, 0.2) is 0 Å². The Kier molecular flexibility index (Phi) is 11.7. The molecule has 0 aromatic rings. The van der Waals surface area contributed by atoms with E-state index in [1.54, 1.807) is 4.90 Å². The maximum absolute atomic E-state index is 12.2. The molecule has 1 aliphatic heterocycles. The Morgan fingerprint density at radius 2 is 1.52 bits per heavy atom. The number of likely N-dealkylation sites (N-methyl/N-ethyl adjacent to an activating group) is 1. The predicted molar refractivity (Wildman–Crippen MR) is 111 cm³/mol. The Hall–Kier alpha value is -1.10. The normalized spacial score (nSPS) is 15.3. The molecule has 5 nitrogen and oxygen atoms in total. The number of carbonyl (C=O) groups excluding carboxylic acids is 2. The zero-order valence-electron chi connectivity index (χ0n) is 18.2. The Labute approximate surface area is 166 Å². The minimum atomic E-state index is -0.110. The minimum Gasteiger partial charge on any atom is -0.381 e. The number of carbonyl (C=O) groups is 2. The van der Waals surface area contributed by atoms with E-state index in [9.17, 15) is 9.59 Å². The molecule has 0 saturated carbocycles. The number of hydrogen-bond donors (Lipinski definition) is 0. The van der Waals surface area contributed by atoms with Gasteiger partial charge in [-0.3, -0.25) is 9.69 Å². The average Bonchev–Trinajstić information content (AvgIpc) is 2.96. The van der Waals surface area contributed by atoms with E-state index < -0.39 is 0 Å². The summed E-state index contributed by atoms with van der Waals surface area (Å²) in [4.78, 5) is 27.3. The van der Waals surface area contributed by atoms with Crippen LogP contribution in [0.3, 0.4) is 0 Å². The smallest absolute Gasteiger partial charge is 0.327 e. The van der Waals surface area contributed by atoms with E-state index in [2.05, 4.69) is 20.8 Å². The van der Waals surface area contributed by atoms with E-state index in [0.29, 0.717) is 18.5 Å². The lowest BCUT2D eigenvalue weighted by molar-refractivity contribution is -0.125. The maximum Gasteiger partial charge on any atom is 0.327 e. The zero-order valence-corrected chi connectivity index (χ0v) is 18.2. The SMILES string of the molecule is CCCCCOCCCCC(CC)(CC)CCCN1C(=O)CN(CC)C1=O. The molecule has 1 aliphatic rings. The molecular formula is C22H42N2O3. The molecule has 0 aromatic heterocycles. The first-order valence-electron chi connectivity index (χ1n) is 11.2. The molecule has 27 heavy (non-hydrogen) atoms. The first-order chi connectivity index (χ1) is 13.0. The molecule has 5 heteroatoms. The van der Waals surface area contributed by atoms with Crippen molar-refractivity contribution in [2.75, 3.05) is 32.8 Å². The van der Waals surface area contributed by atoms with Crippen molar-refractivity contribution in [3.8, 4) is 0 Å². The van der Waals surface area contributed by atoms with Crippen LogP contribution in [-0.4, -0.2) is 54.6 Å². The molecule has 158 valence electrons. The molecule has 0 spiro atoms. The van der Waals surface area contributed by atoms with Gasteiger partial charge >= 0.3 is 6.03 Å². The first-order valence-corrected chi connectivity index (χ1v) is 11.2. The van der Waals surface area contributed by atoms with E-state index in [1.165, 1.54) is 37.0 Å². The lowest BCUT2D eigenvalue weighted by atomic mass is 9.74. The third-order valence-electron chi connectivity index (χ3n) is 6.24. The topological polar surface area (TPSA) is 49.9 Å². The largest absolute Gasteiger partial charge is 0.381 e. The number of rotatable bonds is 16. The molecule has 1 saturated heterocycles. The highest BCUT2D eigenvalue weighted by molar-refractivity contribution is 6.01. The van der Waals surface area contributed by atoms with Gasteiger partial charge in [-0.25, -0.2) is 4.79 Å². The fourth-order valence-corrected chi connectivity index (χ4v) is 4.02. The summed E-state index contributed by atoms with van der Waals surface area (Å²) in [5.41, 5.74) is 0.332. The van der Waals surface area contributed by atoms with Gasteiger partial charge < -0.3 is 9.64 Å². The van der Waals surface area contributed by atoms with E-state index >= 15 is 0 Å². The highest BCUT2D eigenvalue weighted by Crippen LogP contribution is 2.37. The van der Waals surface area contributed by atoms with Crippen molar-refractivity contribution in [3.05, 3.63) is 0 Å². The van der Waals surface area contributed by atoms with Crippen LogP contribution in [0.4, 0.5) is 4.79 Å². The fraction of sp³-hybridized carbons (Fsp3) is 0.909.